The van der Waals surface area contributed by atoms with E-state index in [0.29, 0.717) is 5.92 Å². The first kappa shape index (κ1) is 10.3. The summed E-state index contributed by atoms with van der Waals surface area (Å²) in [6, 6.07) is 10.6. The third-order valence-electron chi connectivity index (χ3n) is 4.42. The Labute approximate surface area is 107 Å². The van der Waals surface area contributed by atoms with E-state index in [9.17, 15) is 0 Å². The lowest BCUT2D eigenvalue weighted by Crippen LogP contribution is -2.11. The van der Waals surface area contributed by atoms with Crippen molar-refractivity contribution < 1.29 is 0 Å². The summed E-state index contributed by atoms with van der Waals surface area (Å²) in [5, 5.41) is 8.27. The van der Waals surface area contributed by atoms with E-state index in [2.05, 4.69) is 47.4 Å². The van der Waals surface area contributed by atoms with E-state index in [1.807, 2.05) is 0 Å². The zero-order valence-corrected chi connectivity index (χ0v) is 10.6. The second-order valence-electron chi connectivity index (χ2n) is 5.43. The Bertz CT molecular complexity index is 585. The maximum absolute atomic E-state index is 4.75. The standard InChI is InChI=1S/C15H17N3/c1-18-13-7-11-8-16-9-12(11)14(13)15(17-18)10-5-3-2-4-6-10/h2-6,11-12,16H,7-9H2,1H3/t11-,12+/m1/s1. The van der Waals surface area contributed by atoms with Gasteiger partial charge in [-0.05, 0) is 18.9 Å². The number of aromatic nitrogens is 2. The SMILES string of the molecule is Cn1nc(-c2ccccc2)c2c1C[C@@H]1CNC[C@H]21. The van der Waals surface area contributed by atoms with E-state index in [-0.39, 0.29) is 0 Å². The van der Waals surface area contributed by atoms with Gasteiger partial charge in [0.15, 0.2) is 0 Å². The summed E-state index contributed by atoms with van der Waals surface area (Å²) in [6.07, 6.45) is 1.18. The Hall–Kier alpha value is -1.61. The number of hydrogen-bond acceptors (Lipinski definition) is 2. The molecule has 1 aromatic heterocycles. The summed E-state index contributed by atoms with van der Waals surface area (Å²) < 4.78 is 2.09. The van der Waals surface area contributed by atoms with Crippen molar-refractivity contribution in [2.45, 2.75) is 12.3 Å². The molecule has 1 aliphatic heterocycles. The van der Waals surface area contributed by atoms with Crippen LogP contribution in [-0.4, -0.2) is 22.9 Å². The van der Waals surface area contributed by atoms with Crippen molar-refractivity contribution in [3.8, 4) is 11.3 Å². The minimum atomic E-state index is 0.670. The van der Waals surface area contributed by atoms with E-state index < -0.39 is 0 Å². The molecule has 3 heteroatoms. The van der Waals surface area contributed by atoms with Gasteiger partial charge in [0.05, 0.1) is 5.69 Å². The maximum Gasteiger partial charge on any atom is 0.0961 e. The van der Waals surface area contributed by atoms with Crippen molar-refractivity contribution in [1.29, 1.82) is 0 Å². The van der Waals surface area contributed by atoms with Gasteiger partial charge in [0.25, 0.3) is 0 Å². The second kappa shape index (κ2) is 3.69. The van der Waals surface area contributed by atoms with Crippen LogP contribution in [0.15, 0.2) is 30.3 Å². The number of aryl methyl sites for hydroxylation is 1. The van der Waals surface area contributed by atoms with Crippen LogP contribution in [0.2, 0.25) is 0 Å². The molecular formula is C15H17N3. The average molecular weight is 239 g/mol. The zero-order valence-electron chi connectivity index (χ0n) is 10.6. The van der Waals surface area contributed by atoms with E-state index in [0.717, 1.165) is 19.0 Å². The van der Waals surface area contributed by atoms with Gasteiger partial charge in [0.2, 0.25) is 0 Å². The molecule has 3 nitrogen and oxygen atoms in total. The fourth-order valence-electron chi connectivity index (χ4n) is 3.55. The summed E-state index contributed by atoms with van der Waals surface area (Å²) in [4.78, 5) is 0. The average Bonchev–Trinajstić information content (AvgIpc) is 3.03. The highest BCUT2D eigenvalue weighted by atomic mass is 15.3. The van der Waals surface area contributed by atoms with Gasteiger partial charge in [0, 0.05) is 36.3 Å². The molecule has 1 aromatic carbocycles. The highest BCUT2D eigenvalue weighted by Gasteiger charge is 2.40. The van der Waals surface area contributed by atoms with Crippen molar-refractivity contribution in [3.63, 3.8) is 0 Å². The zero-order chi connectivity index (χ0) is 12.1. The lowest BCUT2D eigenvalue weighted by atomic mass is 9.94. The molecule has 1 saturated heterocycles. The molecule has 0 amide bonds. The van der Waals surface area contributed by atoms with Gasteiger partial charge in [-0.3, -0.25) is 4.68 Å². The van der Waals surface area contributed by atoms with E-state index >= 15 is 0 Å². The quantitative estimate of drug-likeness (QED) is 0.824. The summed E-state index contributed by atoms with van der Waals surface area (Å²) in [5.74, 6) is 1.45. The summed E-state index contributed by atoms with van der Waals surface area (Å²) in [5.41, 5.74) is 5.40. The molecule has 0 bridgehead atoms. The third-order valence-corrected chi connectivity index (χ3v) is 4.42. The highest BCUT2D eigenvalue weighted by molar-refractivity contribution is 5.66. The van der Waals surface area contributed by atoms with Gasteiger partial charge < -0.3 is 5.32 Å². The van der Waals surface area contributed by atoms with Crippen LogP contribution in [0.3, 0.4) is 0 Å². The molecule has 0 radical (unpaired) electrons. The van der Waals surface area contributed by atoms with Gasteiger partial charge in [-0.1, -0.05) is 30.3 Å². The van der Waals surface area contributed by atoms with Crippen LogP contribution in [0, 0.1) is 5.92 Å². The molecule has 92 valence electrons. The normalized spacial score (nSPS) is 25.2. The smallest absolute Gasteiger partial charge is 0.0961 e. The summed E-state index contributed by atoms with van der Waals surface area (Å²) in [6.45, 7) is 2.27. The predicted octanol–water partition coefficient (Wildman–Crippen LogP) is 1.95. The van der Waals surface area contributed by atoms with Gasteiger partial charge >= 0.3 is 0 Å². The Kier molecular flexibility index (Phi) is 2.12. The maximum atomic E-state index is 4.75. The molecular weight excluding hydrogens is 222 g/mol. The molecule has 1 fully saturated rings. The molecule has 2 aromatic rings. The molecule has 1 aliphatic carbocycles. The van der Waals surface area contributed by atoms with Gasteiger partial charge in [-0.15, -0.1) is 0 Å². The Morgan fingerprint density at radius 2 is 2.06 bits per heavy atom. The molecule has 0 unspecified atom stereocenters. The molecule has 1 N–H and O–H groups in total. The third kappa shape index (κ3) is 1.31. The summed E-state index contributed by atoms with van der Waals surface area (Å²) in [7, 11) is 2.08. The van der Waals surface area contributed by atoms with Gasteiger partial charge in [-0.25, -0.2) is 0 Å². The molecule has 18 heavy (non-hydrogen) atoms. The fourth-order valence-corrected chi connectivity index (χ4v) is 3.55. The van der Waals surface area contributed by atoms with Crippen molar-refractivity contribution in [2.75, 3.05) is 13.1 Å². The molecule has 0 spiro atoms. The Balaban J connectivity index is 1.89. The monoisotopic (exact) mass is 239 g/mol. The molecule has 4 rings (SSSR count). The van der Waals surface area contributed by atoms with Crippen LogP contribution < -0.4 is 5.32 Å². The number of fused-ring (bicyclic) bond motifs is 3. The Morgan fingerprint density at radius 3 is 2.89 bits per heavy atom. The minimum absolute atomic E-state index is 0.670. The first-order valence-electron chi connectivity index (χ1n) is 6.66. The van der Waals surface area contributed by atoms with Gasteiger partial charge in [-0.2, -0.15) is 5.10 Å². The first-order chi connectivity index (χ1) is 8.84. The molecule has 0 saturated carbocycles. The first-order valence-corrected chi connectivity index (χ1v) is 6.66. The van der Waals surface area contributed by atoms with Crippen LogP contribution in [0.4, 0.5) is 0 Å². The molecule has 2 heterocycles. The molecule has 2 atom stereocenters. The minimum Gasteiger partial charge on any atom is -0.316 e. The number of rotatable bonds is 1. The van der Waals surface area contributed by atoms with E-state index in [4.69, 9.17) is 5.10 Å². The topological polar surface area (TPSA) is 29.9 Å². The highest BCUT2D eigenvalue weighted by Crippen LogP contribution is 2.44. The lowest BCUT2D eigenvalue weighted by Gasteiger charge is -2.09. The second-order valence-corrected chi connectivity index (χ2v) is 5.43. The number of hydrogen-bond donors (Lipinski definition) is 1. The van der Waals surface area contributed by atoms with Crippen LogP contribution in [0.1, 0.15) is 17.2 Å². The lowest BCUT2D eigenvalue weighted by molar-refractivity contribution is 0.545. The number of nitrogens with zero attached hydrogens (tertiary/aromatic N) is 2. The largest absolute Gasteiger partial charge is 0.316 e. The summed E-state index contributed by atoms with van der Waals surface area (Å²) >= 11 is 0. The van der Waals surface area contributed by atoms with Crippen LogP contribution in [0.25, 0.3) is 11.3 Å². The van der Waals surface area contributed by atoms with Crippen LogP contribution >= 0.6 is 0 Å². The van der Waals surface area contributed by atoms with Crippen molar-refractivity contribution >= 4 is 0 Å². The van der Waals surface area contributed by atoms with Crippen molar-refractivity contribution in [3.05, 3.63) is 41.6 Å². The van der Waals surface area contributed by atoms with Crippen LogP contribution in [0.5, 0.6) is 0 Å². The van der Waals surface area contributed by atoms with Crippen molar-refractivity contribution in [1.82, 2.24) is 15.1 Å². The van der Waals surface area contributed by atoms with E-state index in [1.165, 1.54) is 28.9 Å². The molecule has 2 aliphatic rings. The van der Waals surface area contributed by atoms with Crippen LogP contribution in [-0.2, 0) is 13.5 Å². The van der Waals surface area contributed by atoms with Gasteiger partial charge in [0.1, 0.15) is 0 Å². The fraction of sp³-hybridized carbons (Fsp3) is 0.400. The van der Waals surface area contributed by atoms with Crippen molar-refractivity contribution in [2.24, 2.45) is 13.0 Å². The van der Waals surface area contributed by atoms with E-state index in [1.54, 1.807) is 0 Å². The number of nitrogens with one attached hydrogen (secondary N) is 1. The Morgan fingerprint density at radius 1 is 1.22 bits per heavy atom. The number of benzene rings is 1. The predicted molar refractivity (Wildman–Crippen MR) is 71.4 cm³/mol.